The molecule has 0 aromatic carbocycles. The Morgan fingerprint density at radius 2 is 1.93 bits per heavy atom. The van der Waals surface area contributed by atoms with Gasteiger partial charge in [-0.15, -0.1) is 0 Å². The highest BCUT2D eigenvalue weighted by atomic mass is 16.3. The lowest BCUT2D eigenvalue weighted by Gasteiger charge is -2.09. The molecule has 0 aliphatic rings. The Balaban J connectivity index is 2.92. The second kappa shape index (κ2) is 3.37. The molecule has 0 bridgehead atoms. The summed E-state index contributed by atoms with van der Waals surface area (Å²) in [5.74, 6) is 0.535. The van der Waals surface area contributed by atoms with Crippen molar-refractivity contribution < 1.29 is 8.98 Å². The second-order valence-corrected chi connectivity index (χ2v) is 4.47. The van der Waals surface area contributed by atoms with E-state index in [4.69, 9.17) is 4.42 Å². The van der Waals surface area contributed by atoms with Gasteiger partial charge in [0.05, 0.1) is 6.26 Å². The minimum absolute atomic E-state index is 0.535. The van der Waals surface area contributed by atoms with Crippen LogP contribution in [-0.2, 0) is 7.05 Å². The molecule has 0 aliphatic carbocycles. The van der Waals surface area contributed by atoms with Crippen molar-refractivity contribution in [2.75, 3.05) is 0 Å². The minimum Gasteiger partial charge on any atom is -0.458 e. The molecule has 2 aromatic heterocycles. The Hall–Kier alpha value is -1.31. The van der Waals surface area contributed by atoms with E-state index in [2.05, 4.69) is 45.4 Å². The van der Waals surface area contributed by atoms with Crippen molar-refractivity contribution in [1.82, 2.24) is 0 Å². The third-order valence-electron chi connectivity index (χ3n) is 3.19. The molecule has 2 rings (SSSR count). The normalized spacial score (nSPS) is 11.6. The number of pyridine rings is 1. The van der Waals surface area contributed by atoms with Gasteiger partial charge in [-0.2, -0.15) is 4.57 Å². The zero-order valence-electron chi connectivity index (χ0n) is 10.1. The summed E-state index contributed by atoms with van der Waals surface area (Å²) in [6, 6.07) is 2.06. The van der Waals surface area contributed by atoms with Crippen LogP contribution < -0.4 is 4.57 Å². The van der Waals surface area contributed by atoms with E-state index < -0.39 is 0 Å². The van der Waals surface area contributed by atoms with Gasteiger partial charge in [-0.3, -0.25) is 0 Å². The van der Waals surface area contributed by atoms with Crippen LogP contribution in [0, 0.1) is 13.8 Å². The molecule has 0 saturated heterocycles. The molecular formula is C13H18NO+. The van der Waals surface area contributed by atoms with Crippen molar-refractivity contribution in [2.45, 2.75) is 33.6 Å². The Morgan fingerprint density at radius 1 is 1.27 bits per heavy atom. The molecule has 2 aromatic rings. The average Bonchev–Trinajstić information content (AvgIpc) is 2.62. The Morgan fingerprint density at radius 3 is 2.53 bits per heavy atom. The predicted molar refractivity (Wildman–Crippen MR) is 61.0 cm³/mol. The van der Waals surface area contributed by atoms with E-state index in [1.165, 1.54) is 22.3 Å². The lowest BCUT2D eigenvalue weighted by Crippen LogP contribution is -2.38. The monoisotopic (exact) mass is 204 g/mol. The van der Waals surface area contributed by atoms with Gasteiger partial charge in [-0.25, -0.2) is 0 Å². The minimum atomic E-state index is 0.535. The maximum atomic E-state index is 5.52. The topological polar surface area (TPSA) is 17.0 Å². The van der Waals surface area contributed by atoms with Gasteiger partial charge in [0.2, 0.25) is 11.3 Å². The number of furan rings is 1. The lowest BCUT2D eigenvalue weighted by atomic mass is 10.0. The van der Waals surface area contributed by atoms with Crippen LogP contribution in [0.15, 0.2) is 16.7 Å². The van der Waals surface area contributed by atoms with Crippen molar-refractivity contribution in [3.05, 3.63) is 29.3 Å². The Kier molecular flexibility index (Phi) is 2.29. The molecule has 0 atom stereocenters. The van der Waals surface area contributed by atoms with Crippen LogP contribution in [0.4, 0.5) is 0 Å². The zero-order chi connectivity index (χ0) is 11.2. The molecule has 0 radical (unpaired) electrons. The number of fused-ring (bicyclic) bond motifs is 1. The second-order valence-electron chi connectivity index (χ2n) is 4.47. The van der Waals surface area contributed by atoms with Crippen LogP contribution in [0.1, 0.15) is 36.7 Å². The van der Waals surface area contributed by atoms with Crippen LogP contribution in [0.3, 0.4) is 0 Å². The fourth-order valence-electron chi connectivity index (χ4n) is 2.43. The first kappa shape index (κ1) is 10.2. The highest BCUT2D eigenvalue weighted by molar-refractivity contribution is 5.82. The molecule has 0 N–H and O–H groups in total. The summed E-state index contributed by atoms with van der Waals surface area (Å²) >= 11 is 0. The van der Waals surface area contributed by atoms with Crippen molar-refractivity contribution in [1.29, 1.82) is 0 Å². The highest BCUT2D eigenvalue weighted by Gasteiger charge is 2.23. The molecule has 2 nitrogen and oxygen atoms in total. The molecule has 0 amide bonds. The molecular weight excluding hydrogens is 186 g/mol. The van der Waals surface area contributed by atoms with Crippen LogP contribution >= 0.6 is 0 Å². The SMILES string of the molecule is Cc1c(C(C)C)[n+](C)c(C)c2occc12. The van der Waals surface area contributed by atoms with Gasteiger partial charge in [-0.05, 0) is 13.0 Å². The molecule has 15 heavy (non-hydrogen) atoms. The van der Waals surface area contributed by atoms with E-state index in [1.807, 2.05) is 0 Å². The van der Waals surface area contributed by atoms with E-state index in [9.17, 15) is 0 Å². The van der Waals surface area contributed by atoms with Crippen LogP contribution in [0.25, 0.3) is 11.0 Å². The molecule has 0 saturated carbocycles. The molecule has 0 aliphatic heterocycles. The number of aromatic nitrogens is 1. The van der Waals surface area contributed by atoms with E-state index in [0.29, 0.717) is 5.92 Å². The van der Waals surface area contributed by atoms with Crippen molar-refractivity contribution in [3.8, 4) is 0 Å². The number of rotatable bonds is 1. The largest absolute Gasteiger partial charge is 0.458 e. The predicted octanol–water partition coefficient (Wildman–Crippen LogP) is 3.00. The Labute approximate surface area is 90.5 Å². The summed E-state index contributed by atoms with van der Waals surface area (Å²) in [4.78, 5) is 0. The summed E-state index contributed by atoms with van der Waals surface area (Å²) in [7, 11) is 2.11. The summed E-state index contributed by atoms with van der Waals surface area (Å²) in [6.45, 7) is 8.74. The van der Waals surface area contributed by atoms with Gasteiger partial charge >= 0.3 is 0 Å². The number of aryl methyl sites for hydroxylation is 2. The maximum absolute atomic E-state index is 5.52. The molecule has 2 heteroatoms. The van der Waals surface area contributed by atoms with E-state index in [-0.39, 0.29) is 0 Å². The van der Waals surface area contributed by atoms with Gasteiger partial charge in [0.1, 0.15) is 7.05 Å². The van der Waals surface area contributed by atoms with Crippen LogP contribution in [-0.4, -0.2) is 0 Å². The molecule has 0 fully saturated rings. The van der Waals surface area contributed by atoms with Crippen LogP contribution in [0.5, 0.6) is 0 Å². The fourth-order valence-corrected chi connectivity index (χ4v) is 2.43. The van der Waals surface area contributed by atoms with E-state index >= 15 is 0 Å². The summed E-state index contributed by atoms with van der Waals surface area (Å²) in [6.07, 6.45) is 1.77. The molecule has 80 valence electrons. The highest BCUT2D eigenvalue weighted by Crippen LogP contribution is 2.26. The summed E-state index contributed by atoms with van der Waals surface area (Å²) in [5, 5.41) is 1.24. The first-order chi connectivity index (χ1) is 7.04. The first-order valence-corrected chi connectivity index (χ1v) is 5.40. The Bertz CT molecular complexity index is 509. The van der Waals surface area contributed by atoms with Crippen molar-refractivity contribution >= 4 is 11.0 Å². The van der Waals surface area contributed by atoms with Gasteiger partial charge in [0, 0.05) is 23.8 Å². The third kappa shape index (κ3) is 1.36. The molecule has 2 heterocycles. The quantitative estimate of drug-likeness (QED) is 0.653. The zero-order valence-corrected chi connectivity index (χ0v) is 10.1. The smallest absolute Gasteiger partial charge is 0.221 e. The summed E-state index contributed by atoms with van der Waals surface area (Å²) < 4.78 is 7.77. The van der Waals surface area contributed by atoms with E-state index in [1.54, 1.807) is 6.26 Å². The molecule has 0 spiro atoms. The lowest BCUT2D eigenvalue weighted by molar-refractivity contribution is -0.685. The fraction of sp³-hybridized carbons (Fsp3) is 0.462. The van der Waals surface area contributed by atoms with Crippen molar-refractivity contribution in [2.24, 2.45) is 7.05 Å². The maximum Gasteiger partial charge on any atom is 0.221 e. The van der Waals surface area contributed by atoms with Crippen molar-refractivity contribution in [3.63, 3.8) is 0 Å². The van der Waals surface area contributed by atoms with Gasteiger partial charge < -0.3 is 4.42 Å². The van der Waals surface area contributed by atoms with Gasteiger partial charge in [-0.1, -0.05) is 13.8 Å². The third-order valence-corrected chi connectivity index (χ3v) is 3.19. The van der Waals surface area contributed by atoms with E-state index in [0.717, 1.165) is 5.58 Å². The van der Waals surface area contributed by atoms with Gasteiger partial charge in [0.25, 0.3) is 0 Å². The number of nitrogens with zero attached hydrogens (tertiary/aromatic N) is 1. The standard InChI is InChI=1S/C13H18NO/c1-8(2)12-9(3)11-6-7-15-13(11)10(4)14(12)5/h6-8H,1-5H3/q+1. The summed E-state index contributed by atoms with van der Waals surface area (Å²) in [5.41, 5.74) is 4.94. The number of hydrogen-bond donors (Lipinski definition) is 0. The average molecular weight is 204 g/mol. The molecule has 0 unspecified atom stereocenters. The van der Waals surface area contributed by atoms with Crippen LogP contribution in [0.2, 0.25) is 0 Å². The number of hydrogen-bond acceptors (Lipinski definition) is 1. The van der Waals surface area contributed by atoms with Gasteiger partial charge in [0.15, 0.2) is 5.69 Å². The first-order valence-electron chi connectivity index (χ1n) is 5.40.